The summed E-state index contributed by atoms with van der Waals surface area (Å²) in [6.07, 6.45) is 0. The second-order valence-corrected chi connectivity index (χ2v) is 2.99. The maximum Gasteiger partial charge on any atom is 0.302 e. The number of rotatable bonds is 1. The summed E-state index contributed by atoms with van der Waals surface area (Å²) in [5.41, 5.74) is 0. The number of ether oxygens (including phenoxy) is 1. The summed E-state index contributed by atoms with van der Waals surface area (Å²) in [5, 5.41) is 0.194. The van der Waals surface area contributed by atoms with Crippen LogP contribution < -0.4 is 0 Å². The first-order chi connectivity index (χ1) is 7.18. The van der Waals surface area contributed by atoms with Crippen molar-refractivity contribution in [1.29, 1.82) is 0 Å². The summed E-state index contributed by atoms with van der Waals surface area (Å²) in [7, 11) is 0. The highest BCUT2D eigenvalue weighted by molar-refractivity contribution is 6.40. The smallest absolute Gasteiger partial charge is 0.302 e. The summed E-state index contributed by atoms with van der Waals surface area (Å²) in [4.78, 5) is 9.82. The van der Waals surface area contributed by atoms with Crippen molar-refractivity contribution in [3.63, 3.8) is 0 Å². The van der Waals surface area contributed by atoms with Gasteiger partial charge in [0, 0.05) is 6.92 Å². The molecule has 0 aliphatic rings. The molecule has 0 aliphatic heterocycles. The second-order valence-electron chi connectivity index (χ2n) is 2.18. The lowest BCUT2D eigenvalue weighted by molar-refractivity contribution is -0.140. The maximum atomic E-state index is 9.82. The summed E-state index contributed by atoms with van der Waals surface area (Å²) < 4.78 is 4.40. The SMILES string of the molecule is CCOC(C)=O.ClCCl.c1ccccc1. The molecule has 15 heavy (non-hydrogen) atoms. The molecule has 0 radical (unpaired) electrons. The fourth-order valence-corrected chi connectivity index (χ4v) is 0.588. The van der Waals surface area contributed by atoms with Crippen LogP contribution in [0.1, 0.15) is 13.8 Å². The van der Waals surface area contributed by atoms with E-state index >= 15 is 0 Å². The van der Waals surface area contributed by atoms with E-state index in [1.54, 1.807) is 6.92 Å². The topological polar surface area (TPSA) is 26.3 Å². The predicted octanol–water partition coefficient (Wildman–Crippen LogP) is 3.68. The first-order valence-corrected chi connectivity index (χ1v) is 5.51. The molecule has 0 atom stereocenters. The van der Waals surface area contributed by atoms with Gasteiger partial charge in [0.1, 0.15) is 0 Å². The van der Waals surface area contributed by atoms with Gasteiger partial charge in [0.25, 0.3) is 0 Å². The largest absolute Gasteiger partial charge is 0.466 e. The fourth-order valence-electron chi connectivity index (χ4n) is 0.588. The molecular weight excluding hydrogens is 235 g/mol. The van der Waals surface area contributed by atoms with Crippen LogP contribution in [0.2, 0.25) is 0 Å². The van der Waals surface area contributed by atoms with Gasteiger partial charge in [0.05, 0.1) is 11.9 Å². The molecule has 0 spiro atoms. The third kappa shape index (κ3) is 24.6. The Morgan fingerprint density at radius 2 is 1.33 bits per heavy atom. The van der Waals surface area contributed by atoms with Crippen molar-refractivity contribution < 1.29 is 9.53 Å². The van der Waals surface area contributed by atoms with Gasteiger partial charge in [-0.25, -0.2) is 0 Å². The van der Waals surface area contributed by atoms with Crippen LogP contribution in [-0.4, -0.2) is 17.9 Å². The molecular formula is C11H16Cl2O2. The second kappa shape index (κ2) is 15.7. The van der Waals surface area contributed by atoms with E-state index in [0.29, 0.717) is 6.61 Å². The van der Waals surface area contributed by atoms with Gasteiger partial charge >= 0.3 is 5.97 Å². The van der Waals surface area contributed by atoms with Gasteiger partial charge < -0.3 is 4.74 Å². The first-order valence-electron chi connectivity index (χ1n) is 4.44. The van der Waals surface area contributed by atoms with Crippen LogP contribution in [0.25, 0.3) is 0 Å². The van der Waals surface area contributed by atoms with E-state index in [-0.39, 0.29) is 11.3 Å². The molecule has 86 valence electrons. The highest BCUT2D eigenvalue weighted by Gasteiger charge is 1.81. The van der Waals surface area contributed by atoms with Gasteiger partial charge in [-0.05, 0) is 6.92 Å². The maximum absolute atomic E-state index is 9.82. The average Bonchev–Trinajstić information content (AvgIpc) is 2.22. The Hall–Kier alpha value is -0.730. The van der Waals surface area contributed by atoms with Gasteiger partial charge in [-0.3, -0.25) is 4.79 Å². The Balaban J connectivity index is 0. The lowest BCUT2D eigenvalue weighted by atomic mass is 10.4. The summed E-state index contributed by atoms with van der Waals surface area (Å²) in [6.45, 7) is 3.65. The number of alkyl halides is 2. The molecule has 0 heterocycles. The Bertz CT molecular complexity index is 188. The number of hydrogen-bond acceptors (Lipinski definition) is 2. The Kier molecular flexibility index (Phi) is 17.5. The summed E-state index contributed by atoms with van der Waals surface area (Å²) >= 11 is 9.53. The number of benzene rings is 1. The minimum absolute atomic E-state index is 0.194. The van der Waals surface area contributed by atoms with Crippen LogP contribution in [0, 0.1) is 0 Å². The van der Waals surface area contributed by atoms with Crippen LogP contribution in [0.4, 0.5) is 0 Å². The fraction of sp³-hybridized carbons (Fsp3) is 0.364. The van der Waals surface area contributed by atoms with Crippen molar-refractivity contribution in [2.75, 3.05) is 11.9 Å². The molecule has 0 aromatic heterocycles. The van der Waals surface area contributed by atoms with E-state index in [2.05, 4.69) is 4.74 Å². The Labute approximate surface area is 101 Å². The summed E-state index contributed by atoms with van der Waals surface area (Å²) in [6, 6.07) is 12.0. The molecule has 0 saturated carbocycles. The van der Waals surface area contributed by atoms with Crippen LogP contribution in [0.3, 0.4) is 0 Å². The van der Waals surface area contributed by atoms with Crippen molar-refractivity contribution in [3.05, 3.63) is 36.4 Å². The molecule has 0 unspecified atom stereocenters. The van der Waals surface area contributed by atoms with Gasteiger partial charge in [-0.2, -0.15) is 0 Å². The molecule has 0 fully saturated rings. The van der Waals surface area contributed by atoms with E-state index in [1.165, 1.54) is 6.92 Å². The summed E-state index contributed by atoms with van der Waals surface area (Å²) in [5.74, 6) is -0.211. The third-order valence-electron chi connectivity index (χ3n) is 1.01. The average molecular weight is 251 g/mol. The lowest BCUT2D eigenvalue weighted by Gasteiger charge is -1.89. The number of esters is 1. The molecule has 0 N–H and O–H groups in total. The predicted molar refractivity (Wildman–Crippen MR) is 65.3 cm³/mol. The highest BCUT2D eigenvalue weighted by Crippen LogP contribution is 1.79. The molecule has 0 saturated heterocycles. The Morgan fingerprint density at radius 1 is 1.07 bits per heavy atom. The molecule has 4 heteroatoms. The number of carbonyl (C=O) groups excluding carboxylic acids is 1. The minimum atomic E-state index is -0.211. The molecule has 1 aromatic carbocycles. The first kappa shape index (κ1) is 16.7. The quantitative estimate of drug-likeness (QED) is 0.562. The third-order valence-corrected chi connectivity index (χ3v) is 1.01. The lowest BCUT2D eigenvalue weighted by Crippen LogP contribution is -1.95. The zero-order chi connectivity index (χ0) is 11.9. The molecule has 0 aliphatic carbocycles. The van der Waals surface area contributed by atoms with Crippen molar-refractivity contribution >= 4 is 29.2 Å². The van der Waals surface area contributed by atoms with Crippen molar-refractivity contribution in [2.45, 2.75) is 13.8 Å². The van der Waals surface area contributed by atoms with E-state index in [9.17, 15) is 4.79 Å². The number of carbonyl (C=O) groups is 1. The van der Waals surface area contributed by atoms with Gasteiger partial charge in [-0.1, -0.05) is 36.4 Å². The van der Waals surface area contributed by atoms with E-state index in [4.69, 9.17) is 23.2 Å². The van der Waals surface area contributed by atoms with E-state index in [1.807, 2.05) is 36.4 Å². The molecule has 2 nitrogen and oxygen atoms in total. The van der Waals surface area contributed by atoms with Gasteiger partial charge in [-0.15, -0.1) is 23.2 Å². The van der Waals surface area contributed by atoms with Crippen molar-refractivity contribution in [3.8, 4) is 0 Å². The van der Waals surface area contributed by atoms with Crippen LogP contribution in [-0.2, 0) is 9.53 Å². The van der Waals surface area contributed by atoms with Gasteiger partial charge in [0.2, 0.25) is 0 Å². The zero-order valence-corrected chi connectivity index (χ0v) is 10.5. The van der Waals surface area contributed by atoms with Crippen LogP contribution >= 0.6 is 23.2 Å². The van der Waals surface area contributed by atoms with Gasteiger partial charge in [0.15, 0.2) is 0 Å². The molecule has 0 bridgehead atoms. The number of halogens is 2. The van der Waals surface area contributed by atoms with Crippen molar-refractivity contribution in [1.82, 2.24) is 0 Å². The molecule has 1 aromatic rings. The van der Waals surface area contributed by atoms with Crippen molar-refractivity contribution in [2.24, 2.45) is 0 Å². The normalized spacial score (nSPS) is 7.47. The zero-order valence-electron chi connectivity index (χ0n) is 8.95. The van der Waals surface area contributed by atoms with E-state index in [0.717, 1.165) is 0 Å². The monoisotopic (exact) mass is 250 g/mol. The Morgan fingerprint density at radius 3 is 1.40 bits per heavy atom. The minimum Gasteiger partial charge on any atom is -0.466 e. The molecule has 1 rings (SSSR count). The standard InChI is InChI=1S/C6H6.C4H8O2.CH2Cl2/c1-2-4-6-5-3-1;1-3-6-4(2)5;2-1-3/h1-6H;3H2,1-2H3;1H2. The van der Waals surface area contributed by atoms with Crippen LogP contribution in [0.5, 0.6) is 0 Å². The highest BCUT2D eigenvalue weighted by atomic mass is 35.5. The molecule has 0 amide bonds. The van der Waals surface area contributed by atoms with Crippen LogP contribution in [0.15, 0.2) is 36.4 Å². The number of hydrogen-bond donors (Lipinski definition) is 0. The van der Waals surface area contributed by atoms with E-state index < -0.39 is 0 Å².